The molecule has 1 aromatic carbocycles. The van der Waals surface area contributed by atoms with Gasteiger partial charge >= 0.3 is 0 Å². The lowest BCUT2D eigenvalue weighted by molar-refractivity contribution is 0.318. The van der Waals surface area contributed by atoms with Crippen LogP contribution in [-0.4, -0.2) is 24.0 Å². The molecule has 20 heavy (non-hydrogen) atoms. The number of rotatable bonds is 5. The summed E-state index contributed by atoms with van der Waals surface area (Å²) in [5.74, 6) is 0.980. The van der Waals surface area contributed by atoms with Crippen LogP contribution in [0.3, 0.4) is 0 Å². The van der Waals surface area contributed by atoms with Gasteiger partial charge in [-0.2, -0.15) is 0 Å². The number of nitrogens with one attached hydrogen (secondary N) is 1. The van der Waals surface area contributed by atoms with E-state index in [4.69, 9.17) is 0 Å². The van der Waals surface area contributed by atoms with E-state index in [0.717, 1.165) is 36.0 Å². The predicted molar refractivity (Wildman–Crippen MR) is 85.9 cm³/mol. The third-order valence-corrected chi connectivity index (χ3v) is 5.46. The minimum absolute atomic E-state index is 0.164. The minimum atomic E-state index is -0.164. The van der Waals surface area contributed by atoms with E-state index in [1.165, 1.54) is 18.9 Å². The third-order valence-electron chi connectivity index (χ3n) is 4.15. The van der Waals surface area contributed by atoms with Gasteiger partial charge in [-0.05, 0) is 42.4 Å². The molecule has 1 aromatic rings. The van der Waals surface area contributed by atoms with E-state index in [9.17, 15) is 4.39 Å². The van der Waals surface area contributed by atoms with Crippen molar-refractivity contribution in [2.45, 2.75) is 33.1 Å². The Hall–Kier alpha value is -1.03. The highest BCUT2D eigenvalue weighted by Gasteiger charge is 2.29. The van der Waals surface area contributed by atoms with Crippen LogP contribution in [0.25, 0.3) is 0 Å². The van der Waals surface area contributed by atoms with Crippen LogP contribution < -0.4 is 5.32 Å². The molecule has 1 aliphatic heterocycles. The summed E-state index contributed by atoms with van der Waals surface area (Å²) in [5.41, 5.74) is 1.41. The van der Waals surface area contributed by atoms with Gasteiger partial charge in [-0.1, -0.05) is 37.7 Å². The lowest BCUT2D eigenvalue weighted by Gasteiger charge is -2.33. The van der Waals surface area contributed by atoms with Gasteiger partial charge < -0.3 is 5.32 Å². The van der Waals surface area contributed by atoms with Crippen molar-refractivity contribution in [1.82, 2.24) is 5.32 Å². The summed E-state index contributed by atoms with van der Waals surface area (Å²) < 4.78 is 13.1. The van der Waals surface area contributed by atoms with Gasteiger partial charge in [0.15, 0.2) is 5.17 Å². The van der Waals surface area contributed by atoms with Crippen molar-refractivity contribution >= 4 is 16.9 Å². The molecule has 0 saturated carbocycles. The van der Waals surface area contributed by atoms with Crippen molar-refractivity contribution in [3.05, 3.63) is 35.6 Å². The molecule has 0 spiro atoms. The molecule has 0 unspecified atom stereocenters. The van der Waals surface area contributed by atoms with Crippen LogP contribution in [0.4, 0.5) is 4.39 Å². The summed E-state index contributed by atoms with van der Waals surface area (Å²) in [6.07, 6.45) is 3.21. The Morgan fingerprint density at radius 3 is 2.75 bits per heavy atom. The quantitative estimate of drug-likeness (QED) is 0.891. The molecule has 0 bridgehead atoms. The van der Waals surface area contributed by atoms with E-state index < -0.39 is 0 Å². The fourth-order valence-corrected chi connectivity index (χ4v) is 3.65. The van der Waals surface area contributed by atoms with Crippen molar-refractivity contribution in [3.63, 3.8) is 0 Å². The van der Waals surface area contributed by atoms with Crippen molar-refractivity contribution in [2.75, 3.05) is 18.8 Å². The van der Waals surface area contributed by atoms with Gasteiger partial charge in [0, 0.05) is 18.8 Å². The van der Waals surface area contributed by atoms with Crippen LogP contribution in [0.15, 0.2) is 29.3 Å². The summed E-state index contributed by atoms with van der Waals surface area (Å²) in [5, 5.41) is 4.41. The molecule has 2 nitrogen and oxygen atoms in total. The highest BCUT2D eigenvalue weighted by atomic mass is 32.2. The molecule has 0 radical (unpaired) electrons. The molecule has 0 amide bonds. The Balaban J connectivity index is 1.80. The normalized spacial score (nSPS) is 17.6. The molecule has 0 atom stereocenters. The molecular weight excluding hydrogens is 271 g/mol. The number of hydrogen-bond acceptors (Lipinski definition) is 3. The number of amidine groups is 1. The second kappa shape index (κ2) is 7.11. The maximum Gasteiger partial charge on any atom is 0.156 e. The molecule has 110 valence electrons. The van der Waals surface area contributed by atoms with Crippen LogP contribution in [0.1, 0.15) is 32.3 Å². The first-order chi connectivity index (χ1) is 9.67. The van der Waals surface area contributed by atoms with Crippen LogP contribution >= 0.6 is 11.8 Å². The smallest absolute Gasteiger partial charge is 0.156 e. The fourth-order valence-electron chi connectivity index (χ4n) is 2.34. The van der Waals surface area contributed by atoms with E-state index in [1.807, 2.05) is 17.8 Å². The lowest BCUT2D eigenvalue weighted by atomic mass is 9.84. The first-order valence-corrected chi connectivity index (χ1v) is 8.31. The topological polar surface area (TPSA) is 24.4 Å². The summed E-state index contributed by atoms with van der Waals surface area (Å²) in [7, 11) is 0. The van der Waals surface area contributed by atoms with E-state index in [2.05, 4.69) is 24.2 Å². The highest BCUT2D eigenvalue weighted by Crippen LogP contribution is 2.34. The van der Waals surface area contributed by atoms with Crippen molar-refractivity contribution in [1.29, 1.82) is 0 Å². The van der Waals surface area contributed by atoms with E-state index in [-0.39, 0.29) is 5.82 Å². The molecule has 2 rings (SSSR count). The Morgan fingerprint density at radius 2 is 2.15 bits per heavy atom. The molecular formula is C16H23FN2S. The number of halogens is 1. The average Bonchev–Trinajstić information content (AvgIpc) is 2.48. The molecule has 1 aliphatic rings. The highest BCUT2D eigenvalue weighted by molar-refractivity contribution is 8.13. The second-order valence-corrected chi connectivity index (χ2v) is 6.39. The third kappa shape index (κ3) is 3.98. The van der Waals surface area contributed by atoms with E-state index in [1.54, 1.807) is 12.1 Å². The van der Waals surface area contributed by atoms with Crippen molar-refractivity contribution < 1.29 is 4.39 Å². The zero-order chi connectivity index (χ0) is 14.4. The Bertz CT molecular complexity index is 469. The largest absolute Gasteiger partial charge is 0.365 e. The van der Waals surface area contributed by atoms with Gasteiger partial charge in [0.05, 0.1) is 0 Å². The maximum atomic E-state index is 13.1. The summed E-state index contributed by atoms with van der Waals surface area (Å²) in [4.78, 5) is 4.67. The zero-order valence-corrected chi connectivity index (χ0v) is 13.1. The summed E-state index contributed by atoms with van der Waals surface area (Å²) in [6.45, 7) is 6.24. The van der Waals surface area contributed by atoms with Gasteiger partial charge in [0.2, 0.25) is 0 Å². The zero-order valence-electron chi connectivity index (χ0n) is 12.3. The van der Waals surface area contributed by atoms with Crippen LogP contribution in [-0.2, 0) is 6.42 Å². The average molecular weight is 294 g/mol. The van der Waals surface area contributed by atoms with Gasteiger partial charge in [-0.3, -0.25) is 4.99 Å². The number of aliphatic imine (C=N–C) groups is 1. The Labute approximate surface area is 125 Å². The molecule has 0 fully saturated rings. The minimum Gasteiger partial charge on any atom is -0.365 e. The SMILES string of the molecule is CCC1(CC)CN=C(NCCc2cccc(F)c2)SC1. The van der Waals surface area contributed by atoms with Gasteiger partial charge in [0.1, 0.15) is 5.82 Å². The Kier molecular flexibility index (Phi) is 5.46. The maximum absolute atomic E-state index is 13.1. The Morgan fingerprint density at radius 1 is 1.35 bits per heavy atom. The first kappa shape index (κ1) is 15.4. The molecule has 1 heterocycles. The second-order valence-electron chi connectivity index (χ2n) is 5.42. The van der Waals surface area contributed by atoms with Gasteiger partial charge in [-0.25, -0.2) is 4.39 Å². The number of nitrogens with zero attached hydrogens (tertiary/aromatic N) is 1. The molecule has 1 N–H and O–H groups in total. The monoisotopic (exact) mass is 294 g/mol. The predicted octanol–water partition coefficient (Wildman–Crippen LogP) is 3.87. The molecule has 4 heteroatoms. The van der Waals surface area contributed by atoms with Crippen LogP contribution in [0.5, 0.6) is 0 Å². The van der Waals surface area contributed by atoms with E-state index in [0.29, 0.717) is 5.41 Å². The molecule has 0 saturated heterocycles. The number of thioether (sulfide) groups is 1. The van der Waals surface area contributed by atoms with Crippen LogP contribution in [0, 0.1) is 11.2 Å². The lowest BCUT2D eigenvalue weighted by Crippen LogP contribution is -2.35. The standard InChI is InChI=1S/C16H23FN2S/c1-3-16(4-2)11-19-15(20-12-16)18-9-8-13-6-5-7-14(17)10-13/h5-7,10H,3-4,8-9,11-12H2,1-2H3,(H,18,19). The van der Waals surface area contributed by atoms with Crippen molar-refractivity contribution in [3.8, 4) is 0 Å². The summed E-state index contributed by atoms with van der Waals surface area (Å²) >= 11 is 1.82. The van der Waals surface area contributed by atoms with Gasteiger partial charge in [-0.15, -0.1) is 0 Å². The number of hydrogen-bond donors (Lipinski definition) is 1. The summed E-state index contributed by atoms with van der Waals surface area (Å²) in [6, 6.07) is 6.79. The number of benzene rings is 1. The fraction of sp³-hybridized carbons (Fsp3) is 0.562. The van der Waals surface area contributed by atoms with Crippen LogP contribution in [0.2, 0.25) is 0 Å². The first-order valence-electron chi connectivity index (χ1n) is 7.33. The molecule has 0 aromatic heterocycles. The molecule has 0 aliphatic carbocycles. The van der Waals surface area contributed by atoms with E-state index >= 15 is 0 Å². The van der Waals surface area contributed by atoms with Gasteiger partial charge in [0.25, 0.3) is 0 Å². The van der Waals surface area contributed by atoms with Crippen molar-refractivity contribution in [2.24, 2.45) is 10.4 Å².